The van der Waals surface area contributed by atoms with Gasteiger partial charge in [-0.15, -0.1) is 0 Å². The number of benzene rings is 2. The number of aromatic nitrogens is 1. The van der Waals surface area contributed by atoms with E-state index in [1.165, 1.54) is 12.1 Å². The van der Waals surface area contributed by atoms with Gasteiger partial charge in [0.05, 0.1) is 4.92 Å². The first kappa shape index (κ1) is 12.3. The van der Waals surface area contributed by atoms with Crippen LogP contribution in [0.5, 0.6) is 0 Å². The Bertz CT molecular complexity index is 778. The molecule has 3 rings (SSSR count). The fraction of sp³-hybridized carbons (Fsp3) is 0.133. The number of oxazole rings is 1. The minimum absolute atomic E-state index is 0.0366. The molecule has 100 valence electrons. The maximum atomic E-state index is 10.8. The molecule has 0 amide bonds. The van der Waals surface area contributed by atoms with Crippen molar-refractivity contribution in [2.45, 2.75) is 13.3 Å². The van der Waals surface area contributed by atoms with Gasteiger partial charge in [-0.2, -0.15) is 0 Å². The van der Waals surface area contributed by atoms with Gasteiger partial charge in [0.15, 0.2) is 11.5 Å². The third kappa shape index (κ3) is 2.25. The predicted molar refractivity (Wildman–Crippen MR) is 74.6 cm³/mol. The van der Waals surface area contributed by atoms with Crippen LogP contribution in [0, 0.1) is 17.0 Å². The lowest BCUT2D eigenvalue weighted by atomic mass is 10.1. The van der Waals surface area contributed by atoms with Gasteiger partial charge in [-0.05, 0) is 12.5 Å². The molecule has 0 aliphatic rings. The van der Waals surface area contributed by atoms with Crippen LogP contribution in [0.1, 0.15) is 17.0 Å². The van der Waals surface area contributed by atoms with Gasteiger partial charge in [-0.3, -0.25) is 10.1 Å². The SMILES string of the molecule is Cc1cc([N+](=O)[O-])cc2nc(Cc3ccccc3)oc12. The van der Waals surface area contributed by atoms with E-state index in [1.807, 2.05) is 30.3 Å². The first-order chi connectivity index (χ1) is 9.63. The first-order valence-corrected chi connectivity index (χ1v) is 6.22. The van der Waals surface area contributed by atoms with Crippen LogP contribution >= 0.6 is 0 Å². The van der Waals surface area contributed by atoms with Gasteiger partial charge in [0, 0.05) is 24.1 Å². The van der Waals surface area contributed by atoms with Crippen LogP contribution in [0.25, 0.3) is 11.1 Å². The van der Waals surface area contributed by atoms with Crippen LogP contribution in [-0.2, 0) is 6.42 Å². The molecule has 2 aromatic carbocycles. The Labute approximate surface area is 115 Å². The molecule has 1 aromatic heterocycles. The Morgan fingerprint density at radius 3 is 2.70 bits per heavy atom. The van der Waals surface area contributed by atoms with Crippen molar-refractivity contribution in [2.75, 3.05) is 0 Å². The largest absolute Gasteiger partial charge is 0.440 e. The van der Waals surface area contributed by atoms with Gasteiger partial charge in [0.1, 0.15) is 5.52 Å². The second kappa shape index (κ2) is 4.77. The Morgan fingerprint density at radius 2 is 2.00 bits per heavy atom. The Morgan fingerprint density at radius 1 is 1.25 bits per heavy atom. The zero-order valence-corrected chi connectivity index (χ0v) is 10.9. The third-order valence-electron chi connectivity index (χ3n) is 3.11. The molecule has 0 spiro atoms. The summed E-state index contributed by atoms with van der Waals surface area (Å²) in [5.41, 5.74) is 2.99. The van der Waals surface area contributed by atoms with E-state index < -0.39 is 4.92 Å². The third-order valence-corrected chi connectivity index (χ3v) is 3.11. The average Bonchev–Trinajstić information content (AvgIpc) is 2.83. The number of non-ortho nitro benzene ring substituents is 1. The van der Waals surface area contributed by atoms with E-state index in [-0.39, 0.29) is 5.69 Å². The molecule has 0 N–H and O–H groups in total. The van der Waals surface area contributed by atoms with E-state index in [0.717, 1.165) is 11.1 Å². The number of fused-ring (bicyclic) bond motifs is 1. The monoisotopic (exact) mass is 268 g/mol. The lowest BCUT2D eigenvalue weighted by molar-refractivity contribution is -0.384. The second-order valence-corrected chi connectivity index (χ2v) is 4.64. The fourth-order valence-electron chi connectivity index (χ4n) is 2.18. The van der Waals surface area contributed by atoms with Crippen molar-refractivity contribution in [1.29, 1.82) is 0 Å². The maximum absolute atomic E-state index is 10.8. The van der Waals surface area contributed by atoms with Crippen LogP contribution < -0.4 is 0 Å². The van der Waals surface area contributed by atoms with Crippen molar-refractivity contribution in [2.24, 2.45) is 0 Å². The minimum atomic E-state index is -0.419. The molecule has 0 saturated heterocycles. The summed E-state index contributed by atoms with van der Waals surface area (Å²) in [7, 11) is 0. The van der Waals surface area contributed by atoms with Crippen LogP contribution in [0.15, 0.2) is 46.9 Å². The highest BCUT2D eigenvalue weighted by molar-refractivity contribution is 5.79. The summed E-state index contributed by atoms with van der Waals surface area (Å²) in [4.78, 5) is 14.8. The lowest BCUT2D eigenvalue weighted by Gasteiger charge is -1.95. The number of nitro groups is 1. The molecule has 0 aliphatic heterocycles. The Balaban J connectivity index is 2.02. The zero-order valence-electron chi connectivity index (χ0n) is 10.9. The topological polar surface area (TPSA) is 69.2 Å². The van der Waals surface area contributed by atoms with Crippen LogP contribution in [0.2, 0.25) is 0 Å². The molecule has 0 aliphatic carbocycles. The summed E-state index contributed by atoms with van der Waals surface area (Å²) in [5.74, 6) is 0.565. The van der Waals surface area contributed by atoms with Crippen molar-refractivity contribution >= 4 is 16.8 Å². The minimum Gasteiger partial charge on any atom is -0.440 e. The van der Waals surface area contributed by atoms with Gasteiger partial charge in [-0.25, -0.2) is 4.98 Å². The van der Waals surface area contributed by atoms with Crippen molar-refractivity contribution in [3.05, 3.63) is 69.6 Å². The van der Waals surface area contributed by atoms with Crippen molar-refractivity contribution < 1.29 is 9.34 Å². The number of nitrogens with zero attached hydrogens (tertiary/aromatic N) is 2. The van der Waals surface area contributed by atoms with Gasteiger partial charge in [-0.1, -0.05) is 30.3 Å². The lowest BCUT2D eigenvalue weighted by Crippen LogP contribution is -1.89. The molecule has 1 heterocycles. The van der Waals surface area contributed by atoms with Crippen molar-refractivity contribution in [3.8, 4) is 0 Å². The molecular weight excluding hydrogens is 256 g/mol. The molecule has 5 heteroatoms. The summed E-state index contributed by atoms with van der Waals surface area (Å²) in [6.07, 6.45) is 0.572. The molecule has 0 atom stereocenters. The normalized spacial score (nSPS) is 10.8. The number of rotatable bonds is 3. The highest BCUT2D eigenvalue weighted by Gasteiger charge is 2.15. The molecule has 0 bridgehead atoms. The molecular formula is C15H12N2O3. The average molecular weight is 268 g/mol. The van der Waals surface area contributed by atoms with E-state index in [4.69, 9.17) is 4.42 Å². The molecule has 5 nitrogen and oxygen atoms in total. The summed E-state index contributed by atoms with van der Waals surface area (Å²) in [5, 5.41) is 10.8. The summed E-state index contributed by atoms with van der Waals surface area (Å²) in [6, 6.07) is 12.8. The van der Waals surface area contributed by atoms with Crippen LogP contribution in [0.3, 0.4) is 0 Å². The summed E-state index contributed by atoms with van der Waals surface area (Å²) in [6.45, 7) is 1.78. The quantitative estimate of drug-likeness (QED) is 0.537. The van der Waals surface area contributed by atoms with Crippen molar-refractivity contribution in [3.63, 3.8) is 0 Å². The van der Waals surface area contributed by atoms with Crippen molar-refractivity contribution in [1.82, 2.24) is 4.98 Å². The van der Waals surface area contributed by atoms with E-state index >= 15 is 0 Å². The maximum Gasteiger partial charge on any atom is 0.272 e. The summed E-state index contributed by atoms with van der Waals surface area (Å²) < 4.78 is 5.70. The van der Waals surface area contributed by atoms with Gasteiger partial charge < -0.3 is 4.42 Å². The number of nitro benzene ring substituents is 1. The Hall–Kier alpha value is -2.69. The molecule has 0 unspecified atom stereocenters. The molecule has 3 aromatic rings. The second-order valence-electron chi connectivity index (χ2n) is 4.64. The van der Waals surface area contributed by atoms with Gasteiger partial charge in [0.2, 0.25) is 0 Å². The number of hydrogen-bond donors (Lipinski definition) is 0. The molecule has 20 heavy (non-hydrogen) atoms. The van der Waals surface area contributed by atoms with E-state index in [1.54, 1.807) is 6.92 Å². The number of hydrogen-bond acceptors (Lipinski definition) is 4. The summed E-state index contributed by atoms with van der Waals surface area (Å²) >= 11 is 0. The Kier molecular flexibility index (Phi) is 2.95. The van der Waals surface area contributed by atoms with E-state index in [9.17, 15) is 10.1 Å². The van der Waals surface area contributed by atoms with Crippen LogP contribution in [-0.4, -0.2) is 9.91 Å². The van der Waals surface area contributed by atoms with Gasteiger partial charge >= 0.3 is 0 Å². The number of aryl methyl sites for hydroxylation is 1. The first-order valence-electron chi connectivity index (χ1n) is 6.22. The molecule has 0 radical (unpaired) electrons. The fourth-order valence-corrected chi connectivity index (χ4v) is 2.18. The highest BCUT2D eigenvalue weighted by Crippen LogP contribution is 2.26. The standard InChI is InChI=1S/C15H12N2O3/c1-10-7-12(17(18)19)9-13-15(10)20-14(16-13)8-11-5-3-2-4-6-11/h2-7,9H,8H2,1H3. The smallest absolute Gasteiger partial charge is 0.272 e. The van der Waals surface area contributed by atoms with Gasteiger partial charge in [0.25, 0.3) is 5.69 Å². The predicted octanol–water partition coefficient (Wildman–Crippen LogP) is 3.64. The molecule has 0 saturated carbocycles. The highest BCUT2D eigenvalue weighted by atomic mass is 16.6. The zero-order chi connectivity index (χ0) is 14.1. The van der Waals surface area contributed by atoms with Crippen LogP contribution in [0.4, 0.5) is 5.69 Å². The van der Waals surface area contributed by atoms with E-state index in [0.29, 0.717) is 23.4 Å². The molecule has 0 fully saturated rings. The van der Waals surface area contributed by atoms with E-state index in [2.05, 4.69) is 4.98 Å².